The number of benzene rings is 1. The zero-order valence-electron chi connectivity index (χ0n) is 13.7. The van der Waals surface area contributed by atoms with E-state index < -0.39 is 0 Å². The first kappa shape index (κ1) is 14.7. The number of anilines is 1. The smallest absolute Gasteiger partial charge is 0.174 e. The van der Waals surface area contributed by atoms with Crippen molar-refractivity contribution in [3.8, 4) is 11.6 Å². The Hall–Kier alpha value is -2.89. The number of phenolic OH excluding ortho intramolecular Hbond substituents is 1. The van der Waals surface area contributed by atoms with Crippen molar-refractivity contribution in [2.45, 2.75) is 32.7 Å². The molecule has 122 valence electrons. The van der Waals surface area contributed by atoms with E-state index in [-0.39, 0.29) is 6.04 Å². The summed E-state index contributed by atoms with van der Waals surface area (Å²) >= 11 is 0. The van der Waals surface area contributed by atoms with E-state index in [1.807, 2.05) is 26.0 Å². The Bertz CT molecular complexity index is 902. The Morgan fingerprint density at radius 1 is 1.25 bits per heavy atom. The number of hydrogen-bond acceptors (Lipinski definition) is 5. The van der Waals surface area contributed by atoms with Crippen molar-refractivity contribution in [1.29, 1.82) is 0 Å². The average Bonchev–Trinajstić information content (AvgIpc) is 3.12. The van der Waals surface area contributed by atoms with E-state index in [1.54, 1.807) is 23.1 Å². The SMILES string of the molecule is Cc1cc(C)n(-c2cncc(NC3CCc4c(O)cccc43)n2)n1. The molecular weight excluding hydrogens is 302 g/mol. The minimum absolute atomic E-state index is 0.136. The summed E-state index contributed by atoms with van der Waals surface area (Å²) in [6.07, 6.45) is 5.22. The van der Waals surface area contributed by atoms with Crippen LogP contribution >= 0.6 is 0 Å². The second kappa shape index (κ2) is 5.63. The molecule has 0 amide bonds. The van der Waals surface area contributed by atoms with Gasteiger partial charge in [-0.15, -0.1) is 0 Å². The van der Waals surface area contributed by atoms with Crippen LogP contribution in [0.1, 0.15) is 35.0 Å². The van der Waals surface area contributed by atoms with Gasteiger partial charge in [0, 0.05) is 5.69 Å². The monoisotopic (exact) mass is 321 g/mol. The zero-order chi connectivity index (χ0) is 16.7. The first-order valence-corrected chi connectivity index (χ1v) is 8.05. The summed E-state index contributed by atoms with van der Waals surface area (Å²) in [5, 5.41) is 17.9. The Labute approximate surface area is 140 Å². The highest BCUT2D eigenvalue weighted by atomic mass is 16.3. The Morgan fingerprint density at radius 3 is 2.92 bits per heavy atom. The number of aromatic hydroxyl groups is 1. The number of hydrogen-bond donors (Lipinski definition) is 2. The molecule has 0 spiro atoms. The standard InChI is InChI=1S/C18H19N5O/c1-11-8-12(2)23(22-11)18-10-19-9-17(21-18)20-15-7-6-14-13(15)4-3-5-16(14)24/h3-5,8-10,15,24H,6-7H2,1-2H3,(H,20,21). The van der Waals surface area contributed by atoms with Crippen LogP contribution in [-0.2, 0) is 6.42 Å². The van der Waals surface area contributed by atoms with Gasteiger partial charge in [0.15, 0.2) is 5.82 Å². The number of aryl methyl sites for hydroxylation is 2. The summed E-state index contributed by atoms with van der Waals surface area (Å²) < 4.78 is 1.79. The molecule has 24 heavy (non-hydrogen) atoms. The van der Waals surface area contributed by atoms with Crippen molar-refractivity contribution in [1.82, 2.24) is 19.7 Å². The number of fused-ring (bicyclic) bond motifs is 1. The largest absolute Gasteiger partial charge is 0.508 e. The molecule has 3 aromatic rings. The molecule has 2 heterocycles. The Balaban J connectivity index is 1.62. The van der Waals surface area contributed by atoms with Crippen molar-refractivity contribution in [2.75, 3.05) is 5.32 Å². The van der Waals surface area contributed by atoms with Gasteiger partial charge in [-0.3, -0.25) is 4.98 Å². The third-order valence-corrected chi connectivity index (χ3v) is 4.42. The van der Waals surface area contributed by atoms with Crippen LogP contribution in [0.3, 0.4) is 0 Å². The molecule has 0 saturated carbocycles. The molecular formula is C18H19N5O. The van der Waals surface area contributed by atoms with E-state index in [1.165, 1.54) is 0 Å². The lowest BCUT2D eigenvalue weighted by molar-refractivity contribution is 0.469. The number of rotatable bonds is 3. The molecule has 2 N–H and O–H groups in total. The highest BCUT2D eigenvalue weighted by Crippen LogP contribution is 2.37. The fraction of sp³-hybridized carbons (Fsp3) is 0.278. The van der Waals surface area contributed by atoms with Crippen molar-refractivity contribution in [2.24, 2.45) is 0 Å². The van der Waals surface area contributed by atoms with Gasteiger partial charge in [0.25, 0.3) is 0 Å². The van der Waals surface area contributed by atoms with E-state index in [4.69, 9.17) is 0 Å². The molecule has 1 aliphatic rings. The highest BCUT2D eigenvalue weighted by molar-refractivity contribution is 5.48. The van der Waals surface area contributed by atoms with Gasteiger partial charge < -0.3 is 10.4 Å². The Kier molecular flexibility index (Phi) is 3.45. The third kappa shape index (κ3) is 2.50. The van der Waals surface area contributed by atoms with E-state index in [0.717, 1.165) is 35.4 Å². The first-order valence-electron chi connectivity index (χ1n) is 8.05. The predicted molar refractivity (Wildman–Crippen MR) is 91.4 cm³/mol. The summed E-state index contributed by atoms with van der Waals surface area (Å²) in [6.45, 7) is 3.96. The van der Waals surface area contributed by atoms with Crippen LogP contribution in [0.4, 0.5) is 5.82 Å². The lowest BCUT2D eigenvalue weighted by atomic mass is 10.1. The molecule has 1 atom stereocenters. The number of nitrogens with zero attached hydrogens (tertiary/aromatic N) is 4. The van der Waals surface area contributed by atoms with Gasteiger partial charge in [0.2, 0.25) is 0 Å². The van der Waals surface area contributed by atoms with Gasteiger partial charge >= 0.3 is 0 Å². The van der Waals surface area contributed by atoms with Gasteiger partial charge in [-0.1, -0.05) is 12.1 Å². The quantitative estimate of drug-likeness (QED) is 0.775. The topological polar surface area (TPSA) is 75.9 Å². The molecule has 6 nitrogen and oxygen atoms in total. The summed E-state index contributed by atoms with van der Waals surface area (Å²) in [4.78, 5) is 8.93. The maximum atomic E-state index is 9.97. The molecule has 0 saturated heterocycles. The fourth-order valence-corrected chi connectivity index (χ4v) is 3.35. The molecule has 1 aliphatic carbocycles. The number of nitrogens with one attached hydrogen (secondary N) is 1. The number of phenols is 1. The molecule has 6 heteroatoms. The Morgan fingerprint density at radius 2 is 2.12 bits per heavy atom. The van der Waals surface area contributed by atoms with Crippen LogP contribution in [0.5, 0.6) is 5.75 Å². The van der Waals surface area contributed by atoms with Gasteiger partial charge in [0.05, 0.1) is 24.1 Å². The lowest BCUT2D eigenvalue weighted by Gasteiger charge is -2.15. The molecule has 0 bridgehead atoms. The van der Waals surface area contributed by atoms with Crippen LogP contribution in [-0.4, -0.2) is 24.9 Å². The van der Waals surface area contributed by atoms with Gasteiger partial charge in [-0.25, -0.2) is 9.67 Å². The normalized spacial score (nSPS) is 16.2. The molecule has 1 unspecified atom stereocenters. The minimum Gasteiger partial charge on any atom is -0.508 e. The minimum atomic E-state index is 0.136. The van der Waals surface area contributed by atoms with E-state index in [2.05, 4.69) is 26.4 Å². The molecule has 0 fully saturated rings. The summed E-state index contributed by atoms with van der Waals surface area (Å²) in [7, 11) is 0. The second-order valence-corrected chi connectivity index (χ2v) is 6.18. The molecule has 4 rings (SSSR count). The van der Waals surface area contributed by atoms with E-state index in [9.17, 15) is 5.11 Å². The van der Waals surface area contributed by atoms with Gasteiger partial charge in [-0.05, 0) is 49.9 Å². The van der Waals surface area contributed by atoms with E-state index >= 15 is 0 Å². The van der Waals surface area contributed by atoms with Gasteiger partial charge in [0.1, 0.15) is 11.6 Å². The summed E-state index contributed by atoms with van der Waals surface area (Å²) in [6, 6.07) is 7.82. The summed E-state index contributed by atoms with van der Waals surface area (Å²) in [5.74, 6) is 1.78. The number of aromatic nitrogens is 4. The molecule has 1 aromatic carbocycles. The highest BCUT2D eigenvalue weighted by Gasteiger charge is 2.25. The van der Waals surface area contributed by atoms with Crippen LogP contribution in [0, 0.1) is 13.8 Å². The van der Waals surface area contributed by atoms with Gasteiger partial charge in [-0.2, -0.15) is 5.10 Å². The maximum absolute atomic E-state index is 9.97. The second-order valence-electron chi connectivity index (χ2n) is 6.18. The average molecular weight is 321 g/mol. The van der Waals surface area contributed by atoms with Crippen LogP contribution in [0.2, 0.25) is 0 Å². The van der Waals surface area contributed by atoms with Crippen molar-refractivity contribution >= 4 is 5.82 Å². The zero-order valence-corrected chi connectivity index (χ0v) is 13.7. The summed E-state index contributed by atoms with van der Waals surface area (Å²) in [5.41, 5.74) is 4.13. The molecule has 2 aromatic heterocycles. The first-order chi connectivity index (χ1) is 11.6. The van der Waals surface area contributed by atoms with Crippen molar-refractivity contribution in [3.05, 3.63) is 59.2 Å². The van der Waals surface area contributed by atoms with Crippen LogP contribution in [0.15, 0.2) is 36.7 Å². The maximum Gasteiger partial charge on any atom is 0.174 e. The molecule has 0 radical (unpaired) electrons. The van der Waals surface area contributed by atoms with Crippen LogP contribution < -0.4 is 5.32 Å². The molecule has 0 aliphatic heterocycles. The third-order valence-electron chi connectivity index (χ3n) is 4.42. The predicted octanol–water partition coefficient (Wildman–Crippen LogP) is 3.08. The lowest BCUT2D eigenvalue weighted by Crippen LogP contribution is -2.11. The van der Waals surface area contributed by atoms with E-state index in [0.29, 0.717) is 17.4 Å². The fourth-order valence-electron chi connectivity index (χ4n) is 3.35. The van der Waals surface area contributed by atoms with Crippen LogP contribution in [0.25, 0.3) is 5.82 Å². The van der Waals surface area contributed by atoms with Crippen molar-refractivity contribution < 1.29 is 5.11 Å². The van der Waals surface area contributed by atoms with Crippen molar-refractivity contribution in [3.63, 3.8) is 0 Å².